The normalized spacial score (nSPS) is 26.9. The van der Waals surface area contributed by atoms with Crippen LogP contribution in [0, 0.1) is 11.8 Å². The van der Waals surface area contributed by atoms with Crippen molar-refractivity contribution in [3.8, 4) is 0 Å². The van der Waals surface area contributed by atoms with E-state index in [1.54, 1.807) is 0 Å². The van der Waals surface area contributed by atoms with E-state index in [0.717, 1.165) is 18.6 Å². The number of hydrogen-bond donors (Lipinski definition) is 2. The maximum absolute atomic E-state index is 12.4. The van der Waals surface area contributed by atoms with Crippen molar-refractivity contribution in [1.29, 1.82) is 0 Å². The zero-order valence-corrected chi connectivity index (χ0v) is 13.9. The predicted octanol–water partition coefficient (Wildman–Crippen LogP) is 2.63. The number of amides is 1. The van der Waals surface area contributed by atoms with Crippen LogP contribution in [0.5, 0.6) is 0 Å². The van der Waals surface area contributed by atoms with Gasteiger partial charge in [-0.1, -0.05) is 18.0 Å². The number of anilines is 1. The number of halogens is 1. The summed E-state index contributed by atoms with van der Waals surface area (Å²) in [4.78, 5) is 12.4. The van der Waals surface area contributed by atoms with E-state index >= 15 is 0 Å². The van der Waals surface area contributed by atoms with Crippen LogP contribution in [-0.2, 0) is 10.0 Å². The summed E-state index contributed by atoms with van der Waals surface area (Å²) in [5.74, 6) is 1.08. The second kappa shape index (κ2) is 5.74. The number of rotatable bonds is 4. The number of benzene rings is 1. The molecular formula is C15H19ClN2O3S. The molecule has 5 nitrogen and oxygen atoms in total. The first-order valence-electron chi connectivity index (χ1n) is 7.40. The van der Waals surface area contributed by atoms with Gasteiger partial charge in [-0.25, -0.2) is 8.42 Å². The van der Waals surface area contributed by atoms with Gasteiger partial charge in [0.05, 0.1) is 16.8 Å². The minimum Gasteiger partial charge on any atom is -0.349 e. The smallest absolute Gasteiger partial charge is 0.253 e. The van der Waals surface area contributed by atoms with Gasteiger partial charge in [0, 0.05) is 11.7 Å². The van der Waals surface area contributed by atoms with E-state index in [0.29, 0.717) is 22.2 Å². The lowest BCUT2D eigenvalue weighted by atomic mass is 9.95. The Balaban J connectivity index is 1.75. The molecule has 0 radical (unpaired) electrons. The molecule has 2 fully saturated rings. The molecule has 2 N–H and O–H groups in total. The van der Waals surface area contributed by atoms with E-state index < -0.39 is 10.0 Å². The number of sulfonamides is 1. The van der Waals surface area contributed by atoms with Crippen LogP contribution in [-0.4, -0.2) is 26.6 Å². The van der Waals surface area contributed by atoms with Crippen LogP contribution < -0.4 is 10.0 Å². The molecule has 2 bridgehead atoms. The monoisotopic (exact) mass is 342 g/mol. The van der Waals surface area contributed by atoms with Gasteiger partial charge in [0.25, 0.3) is 5.91 Å². The quantitative estimate of drug-likeness (QED) is 0.883. The van der Waals surface area contributed by atoms with Gasteiger partial charge < -0.3 is 5.32 Å². The average molecular weight is 343 g/mol. The molecule has 0 aliphatic heterocycles. The molecule has 1 aromatic carbocycles. The second-order valence-electron chi connectivity index (χ2n) is 6.32. The lowest BCUT2D eigenvalue weighted by Crippen LogP contribution is -2.38. The number of carbonyl (C=O) groups excluding carboxylic acids is 1. The van der Waals surface area contributed by atoms with E-state index in [9.17, 15) is 13.2 Å². The van der Waals surface area contributed by atoms with Crippen molar-refractivity contribution in [2.24, 2.45) is 11.8 Å². The van der Waals surface area contributed by atoms with Crippen molar-refractivity contribution < 1.29 is 13.2 Å². The van der Waals surface area contributed by atoms with Crippen LogP contribution in [0.4, 0.5) is 5.69 Å². The minimum atomic E-state index is -3.39. The molecule has 1 amide bonds. The van der Waals surface area contributed by atoms with Gasteiger partial charge in [0.15, 0.2) is 0 Å². The summed E-state index contributed by atoms with van der Waals surface area (Å²) in [7, 11) is -3.39. The molecule has 22 heavy (non-hydrogen) atoms. The molecule has 0 heterocycles. The van der Waals surface area contributed by atoms with Gasteiger partial charge in [0.1, 0.15) is 0 Å². The summed E-state index contributed by atoms with van der Waals surface area (Å²) in [5, 5.41) is 3.38. The number of carbonyl (C=O) groups is 1. The Hall–Kier alpha value is -1.27. The molecule has 1 aromatic rings. The highest BCUT2D eigenvalue weighted by Gasteiger charge is 2.40. The highest BCUT2D eigenvalue weighted by atomic mass is 35.5. The Kier molecular flexibility index (Phi) is 4.07. The minimum absolute atomic E-state index is 0.217. The molecule has 120 valence electrons. The molecule has 0 unspecified atom stereocenters. The van der Waals surface area contributed by atoms with Crippen LogP contribution in [0.1, 0.15) is 36.0 Å². The number of hydrogen-bond acceptors (Lipinski definition) is 3. The van der Waals surface area contributed by atoms with Crippen LogP contribution in [0.3, 0.4) is 0 Å². The summed E-state index contributed by atoms with van der Waals surface area (Å²) in [6.45, 7) is 0. The standard InChI is InChI=1S/C15H19ClN2O3S/c1-22(20,21)18-11-4-5-13(16)12(8-11)15(19)17-14-7-9-2-3-10(14)6-9/h4-5,8-10,14,18H,2-3,6-7H2,1H3,(H,17,19)/t9-,10-,14-/m1/s1. The van der Waals surface area contributed by atoms with Crippen molar-refractivity contribution in [1.82, 2.24) is 5.32 Å². The first kappa shape index (κ1) is 15.6. The molecule has 7 heteroatoms. The highest BCUT2D eigenvalue weighted by molar-refractivity contribution is 7.92. The molecule has 3 atom stereocenters. The SMILES string of the molecule is CS(=O)(=O)Nc1ccc(Cl)c(C(=O)N[C@@H]2C[C@@H]3CC[C@@H]2C3)c1. The van der Waals surface area contributed by atoms with E-state index in [1.165, 1.54) is 37.5 Å². The van der Waals surface area contributed by atoms with E-state index in [-0.39, 0.29) is 11.9 Å². The van der Waals surface area contributed by atoms with Gasteiger partial charge in [-0.3, -0.25) is 9.52 Å². The summed E-state index contributed by atoms with van der Waals surface area (Å²) in [6.07, 6.45) is 5.75. The largest absolute Gasteiger partial charge is 0.349 e. The van der Waals surface area contributed by atoms with Crippen molar-refractivity contribution in [2.45, 2.75) is 31.7 Å². The van der Waals surface area contributed by atoms with Crippen LogP contribution in [0.25, 0.3) is 0 Å². The van der Waals surface area contributed by atoms with Gasteiger partial charge in [-0.15, -0.1) is 0 Å². The third-order valence-corrected chi connectivity index (χ3v) is 5.50. The van der Waals surface area contributed by atoms with Crippen LogP contribution in [0.15, 0.2) is 18.2 Å². The summed E-state index contributed by atoms with van der Waals surface area (Å²) in [6, 6.07) is 4.77. The Morgan fingerprint density at radius 2 is 2.05 bits per heavy atom. The van der Waals surface area contributed by atoms with Gasteiger partial charge >= 0.3 is 0 Å². The second-order valence-corrected chi connectivity index (χ2v) is 8.48. The number of fused-ring (bicyclic) bond motifs is 2. The zero-order chi connectivity index (χ0) is 15.9. The van der Waals surface area contributed by atoms with Crippen molar-refractivity contribution in [3.63, 3.8) is 0 Å². The lowest BCUT2D eigenvalue weighted by molar-refractivity contribution is 0.0923. The highest BCUT2D eigenvalue weighted by Crippen LogP contribution is 2.44. The van der Waals surface area contributed by atoms with Crippen LogP contribution in [0.2, 0.25) is 5.02 Å². The summed E-state index contributed by atoms with van der Waals surface area (Å²) in [5.41, 5.74) is 0.642. The topological polar surface area (TPSA) is 75.3 Å². The van der Waals surface area contributed by atoms with E-state index in [2.05, 4.69) is 10.0 Å². The first-order chi connectivity index (χ1) is 10.3. The third kappa shape index (κ3) is 3.38. The van der Waals surface area contributed by atoms with E-state index in [1.807, 2.05) is 0 Å². The Morgan fingerprint density at radius 3 is 2.64 bits per heavy atom. The van der Waals surface area contributed by atoms with Gasteiger partial charge in [-0.2, -0.15) is 0 Å². The summed E-state index contributed by atoms with van der Waals surface area (Å²) >= 11 is 6.09. The lowest BCUT2D eigenvalue weighted by Gasteiger charge is -2.23. The van der Waals surface area contributed by atoms with Gasteiger partial charge in [-0.05, 0) is 49.3 Å². The van der Waals surface area contributed by atoms with Crippen molar-refractivity contribution >= 4 is 33.2 Å². The van der Waals surface area contributed by atoms with E-state index in [4.69, 9.17) is 11.6 Å². The fraction of sp³-hybridized carbons (Fsp3) is 0.533. The Morgan fingerprint density at radius 1 is 1.27 bits per heavy atom. The maximum Gasteiger partial charge on any atom is 0.253 e. The molecule has 0 aromatic heterocycles. The van der Waals surface area contributed by atoms with Gasteiger partial charge in [0.2, 0.25) is 10.0 Å². The Labute approximate surface area is 135 Å². The first-order valence-corrected chi connectivity index (χ1v) is 9.67. The molecular weight excluding hydrogens is 324 g/mol. The fourth-order valence-corrected chi connectivity index (χ4v) is 4.40. The molecule has 0 spiro atoms. The van der Waals surface area contributed by atoms with Crippen LogP contribution >= 0.6 is 11.6 Å². The maximum atomic E-state index is 12.4. The number of nitrogens with one attached hydrogen (secondary N) is 2. The van der Waals surface area contributed by atoms with Crippen molar-refractivity contribution in [3.05, 3.63) is 28.8 Å². The zero-order valence-electron chi connectivity index (χ0n) is 12.3. The molecule has 3 rings (SSSR count). The molecule has 0 saturated heterocycles. The molecule has 2 aliphatic carbocycles. The third-order valence-electron chi connectivity index (χ3n) is 4.57. The van der Waals surface area contributed by atoms with Crippen molar-refractivity contribution in [2.75, 3.05) is 11.0 Å². The summed E-state index contributed by atoms with van der Waals surface area (Å²) < 4.78 is 24.9. The average Bonchev–Trinajstić information content (AvgIpc) is 3.01. The Bertz CT molecular complexity index is 705. The predicted molar refractivity (Wildman–Crippen MR) is 86.6 cm³/mol. The fourth-order valence-electron chi connectivity index (χ4n) is 3.64. The molecule has 2 saturated carbocycles. The molecule has 2 aliphatic rings.